The second kappa shape index (κ2) is 5.13. The van der Waals surface area contributed by atoms with Crippen LogP contribution in [-0.4, -0.2) is 25.2 Å². The normalized spacial score (nSPS) is 24.4. The van der Waals surface area contributed by atoms with Gasteiger partial charge in [-0.3, -0.25) is 0 Å². The molecule has 100 valence electrons. The van der Waals surface area contributed by atoms with Crippen molar-refractivity contribution in [3.05, 3.63) is 28.2 Å². The van der Waals surface area contributed by atoms with E-state index in [0.29, 0.717) is 10.2 Å². The van der Waals surface area contributed by atoms with Crippen LogP contribution in [0.25, 0.3) is 0 Å². The lowest BCUT2D eigenvalue weighted by molar-refractivity contribution is 0.312. The van der Waals surface area contributed by atoms with E-state index in [-0.39, 0.29) is 5.54 Å². The zero-order valence-electron chi connectivity index (χ0n) is 10.6. The third-order valence-corrected chi connectivity index (χ3v) is 4.19. The molecular formula is C13H17BrF2N2. The molecule has 0 radical (unpaired) electrons. The highest BCUT2D eigenvalue weighted by molar-refractivity contribution is 9.10. The van der Waals surface area contributed by atoms with E-state index < -0.39 is 11.6 Å². The second-order valence-corrected chi connectivity index (χ2v) is 5.83. The Bertz CT molecular complexity index is 453. The standard InChI is InChI=1S/C13H17BrF2N2/c1-3-13(2)8-18(5-4-17-13)12-6-9(14)10(15)7-11(12)16/h6-7,17H,3-5,8H2,1-2H3. The Morgan fingerprint density at radius 1 is 1.39 bits per heavy atom. The minimum Gasteiger partial charge on any atom is -0.366 e. The molecule has 1 fully saturated rings. The lowest BCUT2D eigenvalue weighted by Crippen LogP contribution is -2.58. The van der Waals surface area contributed by atoms with Crippen molar-refractivity contribution >= 4 is 21.6 Å². The number of nitrogens with zero attached hydrogens (tertiary/aromatic N) is 1. The highest BCUT2D eigenvalue weighted by Gasteiger charge is 2.30. The second-order valence-electron chi connectivity index (χ2n) is 4.98. The highest BCUT2D eigenvalue weighted by atomic mass is 79.9. The molecule has 1 N–H and O–H groups in total. The molecule has 0 saturated carbocycles. The molecule has 0 aromatic heterocycles. The number of rotatable bonds is 2. The van der Waals surface area contributed by atoms with Gasteiger partial charge in [-0.05, 0) is 35.3 Å². The van der Waals surface area contributed by atoms with Crippen LogP contribution in [0.15, 0.2) is 16.6 Å². The van der Waals surface area contributed by atoms with Crippen LogP contribution in [0.4, 0.5) is 14.5 Å². The maximum Gasteiger partial charge on any atom is 0.149 e. The van der Waals surface area contributed by atoms with Crippen LogP contribution in [0.5, 0.6) is 0 Å². The van der Waals surface area contributed by atoms with Gasteiger partial charge in [0.05, 0.1) is 10.2 Å². The number of hydrogen-bond donors (Lipinski definition) is 1. The summed E-state index contributed by atoms with van der Waals surface area (Å²) in [5.41, 5.74) is 0.440. The molecule has 1 unspecified atom stereocenters. The zero-order valence-corrected chi connectivity index (χ0v) is 12.2. The first-order chi connectivity index (χ1) is 8.45. The van der Waals surface area contributed by atoms with Gasteiger partial charge in [0.15, 0.2) is 0 Å². The average molecular weight is 319 g/mol. The lowest BCUT2D eigenvalue weighted by atomic mass is 9.95. The lowest BCUT2D eigenvalue weighted by Gasteiger charge is -2.42. The maximum atomic E-state index is 13.8. The van der Waals surface area contributed by atoms with Gasteiger partial charge in [-0.25, -0.2) is 8.78 Å². The Balaban J connectivity index is 2.29. The molecular weight excluding hydrogens is 302 g/mol. The summed E-state index contributed by atoms with van der Waals surface area (Å²) in [4.78, 5) is 1.97. The van der Waals surface area contributed by atoms with E-state index in [0.717, 1.165) is 32.1 Å². The van der Waals surface area contributed by atoms with E-state index in [1.165, 1.54) is 6.07 Å². The predicted octanol–water partition coefficient (Wildman–Crippen LogP) is 3.31. The van der Waals surface area contributed by atoms with Crippen molar-refractivity contribution in [2.24, 2.45) is 0 Å². The van der Waals surface area contributed by atoms with E-state index in [9.17, 15) is 8.78 Å². The molecule has 1 saturated heterocycles. The number of piperazine rings is 1. The van der Waals surface area contributed by atoms with Crippen LogP contribution in [0, 0.1) is 11.6 Å². The van der Waals surface area contributed by atoms with Crippen molar-refractivity contribution in [1.29, 1.82) is 0 Å². The molecule has 0 amide bonds. The van der Waals surface area contributed by atoms with Crippen molar-refractivity contribution in [2.75, 3.05) is 24.5 Å². The van der Waals surface area contributed by atoms with Crippen LogP contribution >= 0.6 is 15.9 Å². The number of halogens is 3. The zero-order chi connectivity index (χ0) is 13.3. The van der Waals surface area contributed by atoms with Gasteiger partial charge in [0.1, 0.15) is 11.6 Å². The summed E-state index contributed by atoms with van der Waals surface area (Å²) < 4.78 is 27.4. The van der Waals surface area contributed by atoms with Crippen molar-refractivity contribution in [1.82, 2.24) is 5.32 Å². The molecule has 1 aliphatic rings. The monoisotopic (exact) mass is 318 g/mol. The highest BCUT2D eigenvalue weighted by Crippen LogP contribution is 2.29. The number of nitrogens with one attached hydrogen (secondary N) is 1. The SMILES string of the molecule is CCC1(C)CN(c2cc(Br)c(F)cc2F)CCN1. The summed E-state index contributed by atoms with van der Waals surface area (Å²) in [6.07, 6.45) is 0.966. The van der Waals surface area contributed by atoms with Crippen molar-refractivity contribution < 1.29 is 8.78 Å². The molecule has 1 atom stereocenters. The fourth-order valence-corrected chi connectivity index (χ4v) is 2.58. The summed E-state index contributed by atoms with van der Waals surface area (Å²) in [5, 5.41) is 3.44. The van der Waals surface area contributed by atoms with Crippen LogP contribution in [0.2, 0.25) is 0 Å². The largest absolute Gasteiger partial charge is 0.366 e. The molecule has 0 bridgehead atoms. The summed E-state index contributed by atoms with van der Waals surface area (Å²) in [6.45, 7) is 6.48. The Morgan fingerprint density at radius 2 is 2.11 bits per heavy atom. The van der Waals surface area contributed by atoms with Crippen LogP contribution in [-0.2, 0) is 0 Å². The molecule has 1 aliphatic heterocycles. The molecule has 1 aromatic rings. The van der Waals surface area contributed by atoms with Gasteiger partial charge >= 0.3 is 0 Å². The molecule has 18 heavy (non-hydrogen) atoms. The summed E-state index contributed by atoms with van der Waals surface area (Å²) in [6, 6.07) is 2.46. The molecule has 5 heteroatoms. The van der Waals surface area contributed by atoms with Crippen molar-refractivity contribution in [2.45, 2.75) is 25.8 Å². The predicted molar refractivity (Wildman–Crippen MR) is 73.0 cm³/mol. The van der Waals surface area contributed by atoms with Gasteiger partial charge in [-0.15, -0.1) is 0 Å². The molecule has 0 spiro atoms. The van der Waals surface area contributed by atoms with Crippen molar-refractivity contribution in [3.8, 4) is 0 Å². The molecule has 0 aliphatic carbocycles. The molecule has 2 nitrogen and oxygen atoms in total. The fourth-order valence-electron chi connectivity index (χ4n) is 2.25. The third-order valence-electron chi connectivity index (χ3n) is 3.58. The van der Waals surface area contributed by atoms with E-state index in [2.05, 4.69) is 35.1 Å². The number of anilines is 1. The van der Waals surface area contributed by atoms with Gasteiger partial charge in [-0.2, -0.15) is 0 Å². The first-order valence-electron chi connectivity index (χ1n) is 6.10. The molecule has 2 rings (SSSR count). The van der Waals surface area contributed by atoms with E-state index in [1.807, 2.05) is 4.90 Å². The van der Waals surface area contributed by atoms with Crippen LogP contribution in [0.3, 0.4) is 0 Å². The first-order valence-corrected chi connectivity index (χ1v) is 6.89. The molecule has 1 heterocycles. The minimum atomic E-state index is -0.565. The summed E-state index contributed by atoms with van der Waals surface area (Å²) in [7, 11) is 0. The Labute approximate surface area is 114 Å². The fraction of sp³-hybridized carbons (Fsp3) is 0.538. The van der Waals surface area contributed by atoms with Crippen molar-refractivity contribution in [3.63, 3.8) is 0 Å². The smallest absolute Gasteiger partial charge is 0.149 e. The van der Waals surface area contributed by atoms with Crippen LogP contribution in [0.1, 0.15) is 20.3 Å². The summed E-state index contributed by atoms with van der Waals surface area (Å²) >= 11 is 3.11. The molecule has 1 aromatic carbocycles. The van der Waals surface area contributed by atoms with Gasteiger partial charge in [0, 0.05) is 31.2 Å². The third kappa shape index (κ3) is 2.67. The first kappa shape index (κ1) is 13.7. The van der Waals surface area contributed by atoms with Gasteiger partial charge in [-0.1, -0.05) is 6.92 Å². The van der Waals surface area contributed by atoms with E-state index in [1.54, 1.807) is 0 Å². The Kier molecular flexibility index (Phi) is 3.92. The number of hydrogen-bond acceptors (Lipinski definition) is 2. The maximum absolute atomic E-state index is 13.8. The van der Waals surface area contributed by atoms with Gasteiger partial charge < -0.3 is 10.2 Å². The van der Waals surface area contributed by atoms with Crippen LogP contribution < -0.4 is 10.2 Å². The minimum absolute atomic E-state index is 0.0223. The topological polar surface area (TPSA) is 15.3 Å². The van der Waals surface area contributed by atoms with Gasteiger partial charge in [0.25, 0.3) is 0 Å². The Hall–Kier alpha value is -0.680. The number of benzene rings is 1. The van der Waals surface area contributed by atoms with E-state index >= 15 is 0 Å². The quantitative estimate of drug-likeness (QED) is 0.842. The average Bonchev–Trinajstić information content (AvgIpc) is 2.34. The van der Waals surface area contributed by atoms with E-state index in [4.69, 9.17) is 0 Å². The Morgan fingerprint density at radius 3 is 2.78 bits per heavy atom. The van der Waals surface area contributed by atoms with Gasteiger partial charge in [0.2, 0.25) is 0 Å². The summed E-state index contributed by atoms with van der Waals surface area (Å²) in [5.74, 6) is -1.07.